The molecule has 3 N–H and O–H groups in total. The number of pyridine rings is 1. The van der Waals surface area contributed by atoms with Gasteiger partial charge in [-0.1, -0.05) is 24.3 Å². The number of carbonyl (C=O) groups excluding carboxylic acids is 1. The number of aromatic nitrogens is 3. The maximum atomic E-state index is 12.7. The third-order valence-corrected chi connectivity index (χ3v) is 8.34. The molecule has 1 saturated heterocycles. The normalized spacial score (nSPS) is 20.2. The van der Waals surface area contributed by atoms with E-state index >= 15 is 0 Å². The third kappa shape index (κ3) is 7.12. The predicted molar refractivity (Wildman–Crippen MR) is 176 cm³/mol. The van der Waals surface area contributed by atoms with E-state index in [4.69, 9.17) is 14.5 Å². The molecule has 0 bridgehead atoms. The summed E-state index contributed by atoms with van der Waals surface area (Å²) < 4.78 is 12.2. The number of anilines is 2. The number of carbonyl (C=O) groups is 1. The second-order valence-electron chi connectivity index (χ2n) is 13.0. The minimum absolute atomic E-state index is 0.00220. The van der Waals surface area contributed by atoms with Crippen molar-refractivity contribution in [2.75, 3.05) is 23.7 Å². The SMILES string of the molecule is Cc1ccc2c(N[C@@H]3CCC[C@H]3O)cccc2c1Oc1ncccc1-c1ccnc(NC2CCCN(C(=O)OC(C)(C)C)C2)n1. The molecule has 1 unspecified atom stereocenters. The molecule has 236 valence electrons. The molecule has 6 rings (SSSR count). The fraction of sp³-hybridized carbons (Fsp3) is 0.429. The van der Waals surface area contributed by atoms with Crippen molar-refractivity contribution in [3.05, 3.63) is 66.5 Å². The first-order valence-electron chi connectivity index (χ1n) is 15.8. The summed E-state index contributed by atoms with van der Waals surface area (Å²) in [6.45, 7) is 8.83. The zero-order chi connectivity index (χ0) is 31.6. The number of ether oxygens (including phenoxy) is 2. The largest absolute Gasteiger partial charge is 0.444 e. The van der Waals surface area contributed by atoms with Crippen molar-refractivity contribution in [1.82, 2.24) is 19.9 Å². The fourth-order valence-electron chi connectivity index (χ4n) is 6.12. The van der Waals surface area contributed by atoms with Crippen LogP contribution in [0.2, 0.25) is 0 Å². The van der Waals surface area contributed by atoms with Crippen LogP contribution in [0, 0.1) is 6.92 Å². The number of benzene rings is 2. The van der Waals surface area contributed by atoms with Crippen molar-refractivity contribution < 1.29 is 19.4 Å². The average Bonchev–Trinajstić information content (AvgIpc) is 3.42. The standard InChI is InChI=1S/C35H42N6O4/c1-22-15-16-24-25(10-5-12-27(24)39-29-13-6-14-30(29)42)31(22)44-32-26(11-7-18-36-32)28-17-19-37-33(40-28)38-23-9-8-20-41(21-23)34(43)45-35(2,3)4/h5,7,10-12,15-19,23,29-30,39,42H,6,8-9,13-14,20-21H2,1-4H3,(H,37,38,40)/t23?,29-,30-/m1/s1. The summed E-state index contributed by atoms with van der Waals surface area (Å²) >= 11 is 0. The Hall–Kier alpha value is -4.44. The molecule has 1 aliphatic heterocycles. The maximum absolute atomic E-state index is 12.7. The lowest BCUT2D eigenvalue weighted by atomic mass is 10.0. The van der Waals surface area contributed by atoms with Gasteiger partial charge in [0.15, 0.2) is 0 Å². The van der Waals surface area contributed by atoms with Gasteiger partial charge in [-0.05, 0) is 89.6 Å². The van der Waals surface area contributed by atoms with Crippen LogP contribution in [0.1, 0.15) is 58.4 Å². The van der Waals surface area contributed by atoms with Gasteiger partial charge in [-0.3, -0.25) is 0 Å². The molecule has 4 aromatic rings. The highest BCUT2D eigenvalue weighted by Gasteiger charge is 2.28. The fourth-order valence-corrected chi connectivity index (χ4v) is 6.12. The quantitative estimate of drug-likeness (QED) is 0.204. The van der Waals surface area contributed by atoms with Gasteiger partial charge in [0.25, 0.3) is 0 Å². The van der Waals surface area contributed by atoms with E-state index in [0.29, 0.717) is 30.6 Å². The van der Waals surface area contributed by atoms with Crippen molar-refractivity contribution in [1.29, 1.82) is 0 Å². The zero-order valence-electron chi connectivity index (χ0n) is 26.4. The van der Waals surface area contributed by atoms with E-state index in [2.05, 4.69) is 26.7 Å². The maximum Gasteiger partial charge on any atom is 0.410 e. The molecule has 0 spiro atoms. The molecular formula is C35H42N6O4. The van der Waals surface area contributed by atoms with Gasteiger partial charge < -0.3 is 30.1 Å². The van der Waals surface area contributed by atoms with Crippen molar-refractivity contribution in [2.24, 2.45) is 0 Å². The number of aryl methyl sites for hydroxylation is 1. The van der Waals surface area contributed by atoms with Crippen LogP contribution in [0.4, 0.5) is 16.4 Å². The number of aliphatic hydroxyl groups is 1. The Bertz CT molecular complexity index is 1670. The summed E-state index contributed by atoms with van der Waals surface area (Å²) in [5.41, 5.74) is 2.83. The lowest BCUT2D eigenvalue weighted by Gasteiger charge is -2.34. The van der Waals surface area contributed by atoms with Gasteiger partial charge in [-0.15, -0.1) is 0 Å². The molecule has 2 aliphatic rings. The van der Waals surface area contributed by atoms with Gasteiger partial charge in [-0.25, -0.2) is 19.7 Å². The Morgan fingerprint density at radius 2 is 1.82 bits per heavy atom. The van der Waals surface area contributed by atoms with E-state index in [0.717, 1.165) is 65.4 Å². The Morgan fingerprint density at radius 1 is 0.956 bits per heavy atom. The van der Waals surface area contributed by atoms with E-state index in [9.17, 15) is 9.90 Å². The second-order valence-corrected chi connectivity index (χ2v) is 13.0. The monoisotopic (exact) mass is 610 g/mol. The molecule has 10 nitrogen and oxygen atoms in total. The molecular weight excluding hydrogens is 568 g/mol. The molecule has 2 aromatic heterocycles. The van der Waals surface area contributed by atoms with Crippen LogP contribution in [0.5, 0.6) is 11.6 Å². The Balaban J connectivity index is 1.23. The number of nitrogens with one attached hydrogen (secondary N) is 2. The van der Waals surface area contributed by atoms with Gasteiger partial charge in [0.05, 0.1) is 23.4 Å². The van der Waals surface area contributed by atoms with Crippen LogP contribution < -0.4 is 15.4 Å². The first-order valence-corrected chi connectivity index (χ1v) is 15.8. The molecule has 1 amide bonds. The molecule has 0 radical (unpaired) electrons. The van der Waals surface area contributed by atoms with E-state index < -0.39 is 5.60 Å². The molecule has 2 aromatic carbocycles. The minimum atomic E-state index is -0.541. The summed E-state index contributed by atoms with van der Waals surface area (Å²) in [5.74, 6) is 1.64. The van der Waals surface area contributed by atoms with Crippen LogP contribution in [0.3, 0.4) is 0 Å². The Kier molecular flexibility index (Phi) is 8.76. The number of hydrogen-bond acceptors (Lipinski definition) is 9. The van der Waals surface area contributed by atoms with Gasteiger partial charge in [0.1, 0.15) is 11.4 Å². The van der Waals surface area contributed by atoms with Gasteiger partial charge in [-0.2, -0.15) is 0 Å². The highest BCUT2D eigenvalue weighted by Crippen LogP contribution is 2.39. The van der Waals surface area contributed by atoms with E-state index in [-0.39, 0.29) is 24.3 Å². The van der Waals surface area contributed by atoms with Crippen molar-refractivity contribution >= 4 is 28.5 Å². The average molecular weight is 611 g/mol. The summed E-state index contributed by atoms with van der Waals surface area (Å²) in [4.78, 5) is 28.3. The van der Waals surface area contributed by atoms with Crippen LogP contribution in [-0.4, -0.2) is 67.9 Å². The van der Waals surface area contributed by atoms with E-state index in [1.54, 1.807) is 17.3 Å². The lowest BCUT2D eigenvalue weighted by molar-refractivity contribution is 0.0206. The highest BCUT2D eigenvalue weighted by molar-refractivity contribution is 5.98. The third-order valence-electron chi connectivity index (χ3n) is 8.34. The number of likely N-dealkylation sites (tertiary alicyclic amines) is 1. The summed E-state index contributed by atoms with van der Waals surface area (Å²) in [6, 6.07) is 15.9. The van der Waals surface area contributed by atoms with Crippen LogP contribution >= 0.6 is 0 Å². The molecule has 1 saturated carbocycles. The summed E-state index contributed by atoms with van der Waals surface area (Å²) in [7, 11) is 0. The summed E-state index contributed by atoms with van der Waals surface area (Å²) in [5, 5.41) is 19.4. The number of fused-ring (bicyclic) bond motifs is 1. The molecule has 3 heterocycles. The van der Waals surface area contributed by atoms with Crippen molar-refractivity contribution in [3.63, 3.8) is 0 Å². The van der Waals surface area contributed by atoms with E-state index in [1.165, 1.54) is 0 Å². The number of nitrogens with zero attached hydrogens (tertiary/aromatic N) is 4. The molecule has 2 fully saturated rings. The van der Waals surface area contributed by atoms with Crippen molar-refractivity contribution in [3.8, 4) is 22.9 Å². The van der Waals surface area contributed by atoms with Crippen LogP contribution in [0.25, 0.3) is 22.0 Å². The number of rotatable bonds is 7. The predicted octanol–water partition coefficient (Wildman–Crippen LogP) is 6.93. The van der Waals surface area contributed by atoms with Gasteiger partial charge in [0.2, 0.25) is 11.8 Å². The lowest BCUT2D eigenvalue weighted by Crippen LogP contribution is -2.47. The van der Waals surface area contributed by atoms with Crippen LogP contribution in [0.15, 0.2) is 60.9 Å². The first-order chi connectivity index (χ1) is 21.6. The number of amides is 1. The number of aliphatic hydroxyl groups excluding tert-OH is 1. The van der Waals surface area contributed by atoms with E-state index in [1.807, 2.05) is 70.2 Å². The Labute approximate surface area is 264 Å². The molecule has 10 heteroatoms. The topological polar surface area (TPSA) is 122 Å². The molecule has 1 aliphatic carbocycles. The highest BCUT2D eigenvalue weighted by atomic mass is 16.6. The Morgan fingerprint density at radius 3 is 2.62 bits per heavy atom. The van der Waals surface area contributed by atoms with Crippen LogP contribution in [-0.2, 0) is 4.74 Å². The molecule has 3 atom stereocenters. The molecule has 45 heavy (non-hydrogen) atoms. The van der Waals surface area contributed by atoms with Crippen molar-refractivity contribution in [2.45, 2.75) is 83.6 Å². The second kappa shape index (κ2) is 12.9. The first kappa shape index (κ1) is 30.6. The summed E-state index contributed by atoms with van der Waals surface area (Å²) in [6.07, 6.45) is 7.33. The smallest absolute Gasteiger partial charge is 0.410 e. The number of hydrogen-bond donors (Lipinski definition) is 3. The minimum Gasteiger partial charge on any atom is -0.444 e. The van der Waals surface area contributed by atoms with Gasteiger partial charge >= 0.3 is 6.09 Å². The zero-order valence-corrected chi connectivity index (χ0v) is 26.4. The van der Waals surface area contributed by atoms with Gasteiger partial charge in [0, 0.05) is 48.0 Å². The number of piperidine rings is 1.